The van der Waals surface area contributed by atoms with Gasteiger partial charge in [-0.2, -0.15) is 23.8 Å². The third kappa shape index (κ3) is 3.95. The number of aryl methyl sites for hydroxylation is 1. The van der Waals surface area contributed by atoms with E-state index >= 15 is 13.2 Å². The molecule has 9 rings (SSSR count). The lowest BCUT2D eigenvalue weighted by atomic mass is 9.94. The largest absolute Gasteiger partial charge is 0.487 e. The van der Waals surface area contributed by atoms with Crippen molar-refractivity contribution >= 4 is 27.6 Å². The van der Waals surface area contributed by atoms with Crippen molar-refractivity contribution < 1.29 is 31.4 Å². The zero-order valence-corrected chi connectivity index (χ0v) is 24.9. The summed E-state index contributed by atoms with van der Waals surface area (Å²) in [4.78, 5) is 13.2. The summed E-state index contributed by atoms with van der Waals surface area (Å²) in [5.74, 6) is -2.93. The van der Waals surface area contributed by atoms with Gasteiger partial charge in [0.05, 0.1) is 34.2 Å². The Bertz CT molecular complexity index is 1980. The molecule has 0 aliphatic carbocycles. The van der Waals surface area contributed by atoms with E-state index in [1.54, 1.807) is 7.05 Å². The number of hydrogen-bond donors (Lipinski definition) is 1. The van der Waals surface area contributed by atoms with Crippen LogP contribution < -0.4 is 19.7 Å². The zero-order valence-electron chi connectivity index (χ0n) is 24.9. The molecular weight excluding hydrogens is 609 g/mol. The van der Waals surface area contributed by atoms with Gasteiger partial charge in [0, 0.05) is 48.7 Å². The Balaban J connectivity index is 1.24. The maximum Gasteiger partial charge on any atom is 0.319 e. The molecule has 2 bridgehead atoms. The van der Waals surface area contributed by atoms with E-state index in [4.69, 9.17) is 14.5 Å². The normalized spacial score (nSPS) is 26.9. The molecule has 2 aromatic heterocycles. The highest BCUT2D eigenvalue weighted by molar-refractivity contribution is 6.03. The first-order chi connectivity index (χ1) is 22.2. The summed E-state index contributed by atoms with van der Waals surface area (Å²) in [7, 11) is 1.57. The summed E-state index contributed by atoms with van der Waals surface area (Å²) in [6.45, 7) is 1.48. The molecule has 5 aliphatic rings. The molecule has 0 amide bonds. The predicted octanol–water partition coefficient (Wildman–Crippen LogP) is 5.07. The molecule has 4 atom stereocenters. The zero-order chi connectivity index (χ0) is 31.5. The summed E-state index contributed by atoms with van der Waals surface area (Å²) in [6, 6.07) is 2.46. The SMILES string of the molecule is Cn1ncc2ccc(F)c(-c3c(F)c4c5c(nc(OC[C@@]67CCCN6CC(=C(F)F)C7)nc5c3F)N3C[C@H]5CC[C@H](N5)[C@H]3CO4)c21. The van der Waals surface area contributed by atoms with Crippen molar-refractivity contribution in [2.75, 3.05) is 37.7 Å². The Morgan fingerprint density at radius 1 is 1.13 bits per heavy atom. The second-order valence-corrected chi connectivity index (χ2v) is 13.2. The Kier molecular flexibility index (Phi) is 6.12. The standard InChI is InChI=1S/C32H30F5N7O2/c1-42-27-15(10-38-42)3-5-18(33)21(27)22-24(34)26-23-28(25(22)35)45-13-20-19-6-4-17(39-19)12-44(20)30(23)41-31(40-26)46-14-32-7-2-8-43(32)11-16(9-32)29(36)37/h3,5,10,17,19-20,39H,2,4,6-9,11-14H2,1H3/t17-,19+,20-,32+/m1/s1. The van der Waals surface area contributed by atoms with Gasteiger partial charge in [-0.25, -0.2) is 13.2 Å². The number of ether oxygens (including phenoxy) is 2. The van der Waals surface area contributed by atoms with Crippen molar-refractivity contribution in [3.05, 3.63) is 47.4 Å². The van der Waals surface area contributed by atoms with E-state index in [9.17, 15) is 8.78 Å². The lowest BCUT2D eigenvalue weighted by Gasteiger charge is -2.40. The summed E-state index contributed by atoms with van der Waals surface area (Å²) in [5.41, 5.74) is -1.52. The summed E-state index contributed by atoms with van der Waals surface area (Å²) < 4.78 is 90.2. The Hall–Kier alpha value is -4.04. The highest BCUT2D eigenvalue weighted by atomic mass is 19.3. The molecule has 7 heterocycles. The minimum absolute atomic E-state index is 0.0208. The molecule has 4 fully saturated rings. The number of fused-ring (bicyclic) bond motifs is 7. The van der Waals surface area contributed by atoms with E-state index in [2.05, 4.69) is 15.4 Å². The molecule has 0 spiro atoms. The van der Waals surface area contributed by atoms with Gasteiger partial charge in [0.15, 0.2) is 17.4 Å². The Morgan fingerprint density at radius 3 is 2.85 bits per heavy atom. The van der Waals surface area contributed by atoms with E-state index < -0.39 is 34.6 Å². The van der Waals surface area contributed by atoms with Crippen molar-refractivity contribution in [1.82, 2.24) is 30.0 Å². The van der Waals surface area contributed by atoms with Gasteiger partial charge in [0.2, 0.25) is 0 Å². The molecule has 46 heavy (non-hydrogen) atoms. The highest BCUT2D eigenvalue weighted by Crippen LogP contribution is 2.48. The van der Waals surface area contributed by atoms with Gasteiger partial charge in [-0.05, 0) is 50.8 Å². The number of aromatic nitrogens is 4. The summed E-state index contributed by atoms with van der Waals surface area (Å²) >= 11 is 0. The fourth-order valence-electron chi connectivity index (χ4n) is 8.51. The monoisotopic (exact) mass is 639 g/mol. The summed E-state index contributed by atoms with van der Waals surface area (Å²) in [5, 5.41) is 8.33. The Labute approximate surface area is 260 Å². The van der Waals surface area contributed by atoms with Gasteiger partial charge < -0.3 is 19.7 Å². The molecule has 4 aromatic rings. The van der Waals surface area contributed by atoms with E-state index in [1.807, 2.05) is 9.80 Å². The van der Waals surface area contributed by atoms with Crippen molar-refractivity contribution in [3.63, 3.8) is 0 Å². The van der Waals surface area contributed by atoms with Crippen LogP contribution in [-0.2, 0) is 7.05 Å². The lowest BCUT2D eigenvalue weighted by Crippen LogP contribution is -2.60. The van der Waals surface area contributed by atoms with E-state index in [1.165, 1.54) is 16.9 Å². The van der Waals surface area contributed by atoms with Crippen LogP contribution in [0.3, 0.4) is 0 Å². The average Bonchev–Trinajstić information content (AvgIpc) is 3.78. The maximum absolute atomic E-state index is 16.9. The van der Waals surface area contributed by atoms with Crippen LogP contribution in [-0.4, -0.2) is 81.2 Å². The fourth-order valence-corrected chi connectivity index (χ4v) is 8.51. The number of rotatable bonds is 4. The van der Waals surface area contributed by atoms with Crippen LogP contribution in [0.5, 0.6) is 11.8 Å². The smallest absolute Gasteiger partial charge is 0.319 e. The fraction of sp³-hybridized carbons (Fsp3) is 0.469. The van der Waals surface area contributed by atoms with Crippen LogP contribution in [0, 0.1) is 17.5 Å². The van der Waals surface area contributed by atoms with Crippen LogP contribution in [0.2, 0.25) is 0 Å². The number of halogens is 5. The Morgan fingerprint density at radius 2 is 2.00 bits per heavy atom. The molecule has 2 aromatic carbocycles. The highest BCUT2D eigenvalue weighted by Gasteiger charge is 2.49. The topological polar surface area (TPSA) is 80.6 Å². The predicted molar refractivity (Wildman–Crippen MR) is 159 cm³/mol. The van der Waals surface area contributed by atoms with Gasteiger partial charge in [-0.15, -0.1) is 0 Å². The van der Waals surface area contributed by atoms with Crippen LogP contribution in [0.4, 0.5) is 27.8 Å². The second kappa shape index (κ2) is 9.98. The molecule has 0 radical (unpaired) electrons. The average molecular weight is 640 g/mol. The van der Waals surface area contributed by atoms with Gasteiger partial charge >= 0.3 is 6.01 Å². The van der Waals surface area contributed by atoms with Crippen molar-refractivity contribution in [2.24, 2.45) is 7.05 Å². The minimum Gasteiger partial charge on any atom is -0.487 e. The summed E-state index contributed by atoms with van der Waals surface area (Å²) in [6.07, 6.45) is 3.31. The van der Waals surface area contributed by atoms with Crippen molar-refractivity contribution in [2.45, 2.75) is 55.8 Å². The molecule has 9 nitrogen and oxygen atoms in total. The molecule has 5 aliphatic heterocycles. The van der Waals surface area contributed by atoms with Gasteiger partial charge in [-0.1, -0.05) is 0 Å². The molecule has 14 heteroatoms. The number of piperazine rings is 1. The van der Waals surface area contributed by atoms with Crippen LogP contribution >= 0.6 is 0 Å². The van der Waals surface area contributed by atoms with Gasteiger partial charge in [-0.3, -0.25) is 9.58 Å². The van der Waals surface area contributed by atoms with Gasteiger partial charge in [0.1, 0.15) is 30.4 Å². The van der Waals surface area contributed by atoms with E-state index in [-0.39, 0.29) is 89.4 Å². The maximum atomic E-state index is 16.9. The lowest BCUT2D eigenvalue weighted by molar-refractivity contribution is 0.108. The number of benzene rings is 2. The molecule has 4 saturated heterocycles. The third-order valence-electron chi connectivity index (χ3n) is 10.7. The molecule has 1 N–H and O–H groups in total. The van der Waals surface area contributed by atoms with Gasteiger partial charge in [0.25, 0.3) is 6.08 Å². The number of nitrogens with one attached hydrogen (secondary N) is 1. The van der Waals surface area contributed by atoms with E-state index in [0.29, 0.717) is 24.9 Å². The first kappa shape index (κ1) is 28.2. The first-order valence-electron chi connectivity index (χ1n) is 15.6. The first-order valence-corrected chi connectivity index (χ1v) is 15.6. The van der Waals surface area contributed by atoms with E-state index in [0.717, 1.165) is 25.3 Å². The van der Waals surface area contributed by atoms with Crippen LogP contribution in [0.25, 0.3) is 32.9 Å². The number of anilines is 1. The minimum atomic E-state index is -1.67. The van der Waals surface area contributed by atoms with Crippen molar-refractivity contribution in [3.8, 4) is 22.9 Å². The van der Waals surface area contributed by atoms with Crippen LogP contribution in [0.1, 0.15) is 32.1 Å². The third-order valence-corrected chi connectivity index (χ3v) is 10.7. The second-order valence-electron chi connectivity index (χ2n) is 13.2. The molecule has 0 unspecified atom stereocenters. The number of nitrogens with zero attached hydrogens (tertiary/aromatic N) is 6. The quantitative estimate of drug-likeness (QED) is 0.310. The van der Waals surface area contributed by atoms with Crippen molar-refractivity contribution in [1.29, 1.82) is 0 Å². The molecule has 240 valence electrons. The van der Waals surface area contributed by atoms with Crippen LogP contribution in [0.15, 0.2) is 30.0 Å². The molecular formula is C32H30F5N7O2. The molecule has 0 saturated carbocycles. The number of hydrogen-bond acceptors (Lipinski definition) is 8.